The Bertz CT molecular complexity index is 1210. The van der Waals surface area contributed by atoms with E-state index in [0.29, 0.717) is 22.6 Å². The van der Waals surface area contributed by atoms with Gasteiger partial charge in [-0.15, -0.1) is 0 Å². The molecule has 3 aromatic carbocycles. The average molecular weight is 441 g/mol. The summed E-state index contributed by atoms with van der Waals surface area (Å²) in [4.78, 5) is 12.5. The molecule has 0 aromatic heterocycles. The molecule has 31 heavy (non-hydrogen) atoms. The number of sulfonamides is 1. The van der Waals surface area contributed by atoms with Crippen LogP contribution in [0.5, 0.6) is 11.5 Å². The number of nitrogens with one attached hydrogen (secondary N) is 1. The molecule has 3 rings (SSSR count). The van der Waals surface area contributed by atoms with E-state index in [1.807, 2.05) is 6.07 Å². The summed E-state index contributed by atoms with van der Waals surface area (Å²) in [5.41, 5.74) is 1.33. The molecule has 9 nitrogen and oxygen atoms in total. The van der Waals surface area contributed by atoms with Gasteiger partial charge in [0.25, 0.3) is 15.7 Å². The van der Waals surface area contributed by atoms with Gasteiger partial charge in [-0.2, -0.15) is 18.4 Å². The van der Waals surface area contributed by atoms with Crippen LogP contribution in [0, 0.1) is 10.1 Å². The van der Waals surface area contributed by atoms with Crippen LogP contribution in [0.1, 0.15) is 11.1 Å². The lowest BCUT2D eigenvalue weighted by Gasteiger charge is -2.12. The van der Waals surface area contributed by atoms with Crippen molar-refractivity contribution in [2.75, 3.05) is 14.2 Å². The van der Waals surface area contributed by atoms with Crippen LogP contribution < -0.4 is 14.3 Å². The number of methoxy groups -OCH3 is 2. The van der Waals surface area contributed by atoms with Crippen LogP contribution in [-0.4, -0.2) is 33.3 Å². The minimum Gasteiger partial charge on any atom is -0.497 e. The van der Waals surface area contributed by atoms with E-state index < -0.39 is 14.9 Å². The molecule has 0 saturated heterocycles. The molecule has 0 fully saturated rings. The Morgan fingerprint density at radius 1 is 0.935 bits per heavy atom. The molecule has 10 heteroatoms. The van der Waals surface area contributed by atoms with Crippen molar-refractivity contribution in [1.29, 1.82) is 0 Å². The van der Waals surface area contributed by atoms with Crippen LogP contribution in [0.25, 0.3) is 0 Å². The fraction of sp³-hybridized carbons (Fsp3) is 0.0952. The number of non-ortho nitro benzene ring substituents is 1. The number of ether oxygens (including phenoxy) is 2. The van der Waals surface area contributed by atoms with Gasteiger partial charge in [-0.3, -0.25) is 10.1 Å². The zero-order valence-electron chi connectivity index (χ0n) is 16.7. The van der Waals surface area contributed by atoms with E-state index in [1.165, 1.54) is 50.6 Å². The molecule has 0 saturated carbocycles. The number of hydrogen-bond donors (Lipinski definition) is 1. The van der Waals surface area contributed by atoms with Gasteiger partial charge in [0.1, 0.15) is 16.4 Å². The third-order valence-electron chi connectivity index (χ3n) is 4.34. The second-order valence-electron chi connectivity index (χ2n) is 6.24. The van der Waals surface area contributed by atoms with Gasteiger partial charge in [0, 0.05) is 29.3 Å². The number of hydrazone groups is 1. The number of benzene rings is 3. The smallest absolute Gasteiger partial charge is 0.280 e. The van der Waals surface area contributed by atoms with Crippen LogP contribution in [-0.2, 0) is 10.0 Å². The average Bonchev–Trinajstić information content (AvgIpc) is 2.79. The lowest BCUT2D eigenvalue weighted by Crippen LogP contribution is -2.22. The maximum Gasteiger partial charge on any atom is 0.280 e. The van der Waals surface area contributed by atoms with Crippen molar-refractivity contribution in [2.45, 2.75) is 4.90 Å². The Balaban J connectivity index is 2.04. The third-order valence-corrected chi connectivity index (χ3v) is 5.57. The van der Waals surface area contributed by atoms with Crippen molar-refractivity contribution < 1.29 is 22.8 Å². The van der Waals surface area contributed by atoms with Gasteiger partial charge < -0.3 is 9.47 Å². The van der Waals surface area contributed by atoms with Gasteiger partial charge in [-0.25, -0.2) is 0 Å². The van der Waals surface area contributed by atoms with Crippen LogP contribution in [0.15, 0.2) is 82.8 Å². The monoisotopic (exact) mass is 441 g/mol. The Labute approximate surface area is 179 Å². The summed E-state index contributed by atoms with van der Waals surface area (Å²) in [5, 5.41) is 15.1. The van der Waals surface area contributed by atoms with Crippen molar-refractivity contribution in [3.05, 3.63) is 94.0 Å². The molecular weight excluding hydrogens is 422 g/mol. The molecule has 0 atom stereocenters. The molecular formula is C21H19N3O6S. The highest BCUT2D eigenvalue weighted by Gasteiger charge is 2.21. The molecule has 0 aliphatic carbocycles. The highest BCUT2D eigenvalue weighted by atomic mass is 32.2. The van der Waals surface area contributed by atoms with Crippen LogP contribution in [0.2, 0.25) is 0 Å². The van der Waals surface area contributed by atoms with E-state index in [4.69, 9.17) is 9.47 Å². The van der Waals surface area contributed by atoms with Crippen molar-refractivity contribution in [1.82, 2.24) is 4.83 Å². The van der Waals surface area contributed by atoms with Gasteiger partial charge in [0.2, 0.25) is 0 Å². The van der Waals surface area contributed by atoms with Gasteiger partial charge in [0.05, 0.1) is 24.9 Å². The number of rotatable bonds is 8. The van der Waals surface area contributed by atoms with E-state index in [-0.39, 0.29) is 16.3 Å². The largest absolute Gasteiger partial charge is 0.497 e. The molecule has 0 aliphatic rings. The zero-order chi connectivity index (χ0) is 22.4. The van der Waals surface area contributed by atoms with E-state index >= 15 is 0 Å². The van der Waals surface area contributed by atoms with Gasteiger partial charge in [0.15, 0.2) is 0 Å². The molecule has 1 N–H and O–H groups in total. The molecule has 0 bridgehead atoms. The lowest BCUT2D eigenvalue weighted by molar-refractivity contribution is -0.384. The predicted molar refractivity (Wildman–Crippen MR) is 115 cm³/mol. The van der Waals surface area contributed by atoms with E-state index in [9.17, 15) is 18.5 Å². The molecule has 0 aliphatic heterocycles. The summed E-state index contributed by atoms with van der Waals surface area (Å²) in [6.07, 6.45) is 0. The zero-order valence-corrected chi connectivity index (χ0v) is 17.5. The van der Waals surface area contributed by atoms with Crippen molar-refractivity contribution in [3.8, 4) is 11.5 Å². The Hall–Kier alpha value is -3.92. The predicted octanol–water partition coefficient (Wildman–Crippen LogP) is 3.34. The SMILES string of the molecule is COc1ccc(OC)c(S(=O)(=O)N/N=C(\c2ccccc2)c2ccc([N+](=O)[O-])cc2)c1. The normalized spacial score (nSPS) is 11.6. The first-order chi connectivity index (χ1) is 14.9. The Kier molecular flexibility index (Phi) is 6.51. The highest BCUT2D eigenvalue weighted by molar-refractivity contribution is 7.89. The number of nitro groups is 1. The first-order valence-electron chi connectivity index (χ1n) is 8.97. The summed E-state index contributed by atoms with van der Waals surface area (Å²) in [7, 11) is -1.34. The number of hydrogen-bond acceptors (Lipinski definition) is 7. The summed E-state index contributed by atoms with van der Waals surface area (Å²) < 4.78 is 36.2. The maximum atomic E-state index is 12.9. The van der Waals surface area contributed by atoms with Crippen LogP contribution >= 0.6 is 0 Å². The molecule has 0 spiro atoms. The van der Waals surface area contributed by atoms with Crippen molar-refractivity contribution in [3.63, 3.8) is 0 Å². The molecule has 0 amide bonds. The van der Waals surface area contributed by atoms with Crippen molar-refractivity contribution in [2.24, 2.45) is 5.10 Å². The van der Waals surface area contributed by atoms with Gasteiger partial charge in [-0.05, 0) is 24.3 Å². The molecule has 0 heterocycles. The molecule has 0 radical (unpaired) electrons. The lowest BCUT2D eigenvalue weighted by atomic mass is 10.0. The Morgan fingerprint density at radius 3 is 2.16 bits per heavy atom. The van der Waals surface area contributed by atoms with E-state index in [0.717, 1.165) is 0 Å². The standard InChI is InChI=1S/C21H19N3O6S/c1-29-18-12-13-19(30-2)20(14-18)31(27,28)23-22-21(15-6-4-3-5-7-15)16-8-10-17(11-9-16)24(25)26/h3-14,23H,1-2H3/b22-21+. The Morgan fingerprint density at radius 2 is 1.58 bits per heavy atom. The fourth-order valence-electron chi connectivity index (χ4n) is 2.78. The highest BCUT2D eigenvalue weighted by Crippen LogP contribution is 2.28. The van der Waals surface area contributed by atoms with Crippen molar-refractivity contribution >= 4 is 21.4 Å². The van der Waals surface area contributed by atoms with Gasteiger partial charge in [-0.1, -0.05) is 30.3 Å². The second kappa shape index (κ2) is 9.26. The fourth-order valence-corrected chi connectivity index (χ4v) is 3.78. The summed E-state index contributed by atoms with van der Waals surface area (Å²) in [5.74, 6) is 0.462. The summed E-state index contributed by atoms with van der Waals surface area (Å²) in [6.45, 7) is 0. The van der Waals surface area contributed by atoms with Gasteiger partial charge >= 0.3 is 0 Å². The van der Waals surface area contributed by atoms with E-state index in [1.54, 1.807) is 30.3 Å². The molecule has 0 unspecified atom stereocenters. The molecule has 3 aromatic rings. The minimum absolute atomic E-state index is 0.0853. The first kappa shape index (κ1) is 21.8. The van der Waals surface area contributed by atoms with Crippen LogP contribution in [0.3, 0.4) is 0 Å². The van der Waals surface area contributed by atoms with Crippen LogP contribution in [0.4, 0.5) is 5.69 Å². The minimum atomic E-state index is -4.12. The quantitative estimate of drug-likeness (QED) is 0.325. The molecule has 160 valence electrons. The maximum absolute atomic E-state index is 12.9. The second-order valence-corrected chi connectivity index (χ2v) is 7.87. The summed E-state index contributed by atoms with van der Waals surface area (Å²) >= 11 is 0. The number of nitro benzene ring substituents is 1. The summed E-state index contributed by atoms with van der Waals surface area (Å²) in [6, 6.07) is 18.9. The number of nitrogens with zero attached hydrogens (tertiary/aromatic N) is 2. The first-order valence-corrected chi connectivity index (χ1v) is 10.5. The topological polar surface area (TPSA) is 120 Å². The third kappa shape index (κ3) is 4.98. The van der Waals surface area contributed by atoms with E-state index in [2.05, 4.69) is 9.93 Å².